The van der Waals surface area contributed by atoms with E-state index < -0.39 is 5.97 Å². The molecule has 0 aliphatic rings. The standard InChI is InChI=1S/C14H10ClN3O2/c15-10-3-6-18-11(8-13(19)20)14(17-12(18)7-10)9-1-4-16-5-2-9/h1-7H,8H2,(H,19,20). The zero-order valence-corrected chi connectivity index (χ0v) is 11.1. The lowest BCUT2D eigenvalue weighted by Gasteiger charge is -2.02. The predicted molar refractivity (Wildman–Crippen MR) is 74.8 cm³/mol. The highest BCUT2D eigenvalue weighted by Gasteiger charge is 2.16. The van der Waals surface area contributed by atoms with E-state index in [1.165, 1.54) is 0 Å². The largest absolute Gasteiger partial charge is 0.481 e. The maximum Gasteiger partial charge on any atom is 0.309 e. The Morgan fingerprint density at radius 2 is 2.05 bits per heavy atom. The van der Waals surface area contributed by atoms with E-state index in [2.05, 4.69) is 9.97 Å². The Labute approximate surface area is 119 Å². The third kappa shape index (κ3) is 2.23. The zero-order chi connectivity index (χ0) is 14.1. The summed E-state index contributed by atoms with van der Waals surface area (Å²) in [6, 6.07) is 7.01. The fraction of sp³-hybridized carbons (Fsp3) is 0.0714. The Morgan fingerprint density at radius 3 is 2.75 bits per heavy atom. The summed E-state index contributed by atoms with van der Waals surface area (Å²) in [5.41, 5.74) is 2.71. The van der Waals surface area contributed by atoms with Gasteiger partial charge in [-0.3, -0.25) is 9.78 Å². The number of carboxylic acid groups (broad SMARTS) is 1. The normalized spacial score (nSPS) is 10.8. The van der Waals surface area contributed by atoms with Gasteiger partial charge in [0.05, 0.1) is 17.8 Å². The SMILES string of the molecule is O=C(O)Cc1c(-c2ccncc2)nc2cc(Cl)ccn12. The molecule has 6 heteroatoms. The molecule has 100 valence electrons. The van der Waals surface area contributed by atoms with E-state index >= 15 is 0 Å². The predicted octanol–water partition coefficient (Wildman–Crippen LogP) is 2.68. The van der Waals surface area contributed by atoms with Crippen molar-refractivity contribution in [1.82, 2.24) is 14.4 Å². The van der Waals surface area contributed by atoms with Crippen LogP contribution in [0.5, 0.6) is 0 Å². The first-order valence-electron chi connectivity index (χ1n) is 5.94. The lowest BCUT2D eigenvalue weighted by atomic mass is 10.1. The molecule has 0 atom stereocenters. The average molecular weight is 288 g/mol. The third-order valence-corrected chi connectivity index (χ3v) is 3.19. The van der Waals surface area contributed by atoms with E-state index in [9.17, 15) is 4.79 Å². The van der Waals surface area contributed by atoms with Crippen LogP contribution in [0.15, 0.2) is 42.9 Å². The Bertz CT molecular complexity index is 784. The number of imidazole rings is 1. The molecule has 0 aliphatic carbocycles. The first-order valence-corrected chi connectivity index (χ1v) is 6.31. The number of nitrogens with zero attached hydrogens (tertiary/aromatic N) is 3. The number of aromatic nitrogens is 3. The second kappa shape index (κ2) is 4.94. The Hall–Kier alpha value is -2.40. The van der Waals surface area contributed by atoms with Crippen molar-refractivity contribution >= 4 is 23.2 Å². The van der Waals surface area contributed by atoms with Gasteiger partial charge in [-0.2, -0.15) is 0 Å². The van der Waals surface area contributed by atoms with Gasteiger partial charge in [-0.25, -0.2) is 4.98 Å². The van der Waals surface area contributed by atoms with Gasteiger partial charge >= 0.3 is 5.97 Å². The summed E-state index contributed by atoms with van der Waals surface area (Å²) in [4.78, 5) is 19.5. The topological polar surface area (TPSA) is 67.5 Å². The number of aliphatic carboxylic acids is 1. The minimum absolute atomic E-state index is 0.111. The van der Waals surface area contributed by atoms with Crippen LogP contribution in [0.1, 0.15) is 5.69 Å². The van der Waals surface area contributed by atoms with E-state index in [4.69, 9.17) is 16.7 Å². The summed E-state index contributed by atoms with van der Waals surface area (Å²) in [6.07, 6.45) is 4.92. The second-order valence-corrected chi connectivity index (χ2v) is 4.72. The molecule has 0 fully saturated rings. The molecule has 0 aliphatic heterocycles. The second-order valence-electron chi connectivity index (χ2n) is 4.29. The minimum atomic E-state index is -0.906. The van der Waals surface area contributed by atoms with Crippen molar-refractivity contribution in [2.24, 2.45) is 0 Å². The molecule has 0 unspecified atom stereocenters. The Kier molecular flexibility index (Phi) is 3.12. The molecule has 20 heavy (non-hydrogen) atoms. The molecule has 0 saturated carbocycles. The molecule has 3 rings (SSSR count). The fourth-order valence-electron chi connectivity index (χ4n) is 2.12. The van der Waals surface area contributed by atoms with Gasteiger partial charge in [-0.15, -0.1) is 0 Å². The number of rotatable bonds is 3. The molecule has 3 aromatic heterocycles. The molecule has 5 nitrogen and oxygen atoms in total. The van der Waals surface area contributed by atoms with Gasteiger partial charge in [-0.05, 0) is 18.2 Å². The van der Waals surface area contributed by atoms with E-state index in [0.29, 0.717) is 22.1 Å². The first-order chi connectivity index (χ1) is 9.65. The quantitative estimate of drug-likeness (QED) is 0.804. The van der Waals surface area contributed by atoms with Gasteiger partial charge in [0.25, 0.3) is 0 Å². The molecule has 3 aromatic rings. The van der Waals surface area contributed by atoms with Crippen LogP contribution in [-0.4, -0.2) is 25.4 Å². The molecule has 0 radical (unpaired) electrons. The van der Waals surface area contributed by atoms with E-state index in [1.807, 2.05) is 0 Å². The molecule has 3 heterocycles. The number of hydrogen-bond acceptors (Lipinski definition) is 3. The van der Waals surface area contributed by atoms with Crippen molar-refractivity contribution < 1.29 is 9.90 Å². The third-order valence-electron chi connectivity index (χ3n) is 2.96. The fourth-order valence-corrected chi connectivity index (χ4v) is 2.28. The van der Waals surface area contributed by atoms with Crippen LogP contribution in [0, 0.1) is 0 Å². The number of carboxylic acids is 1. The molecule has 0 spiro atoms. The van der Waals surface area contributed by atoms with Gasteiger partial charge in [0.1, 0.15) is 5.65 Å². The molecule has 0 saturated heterocycles. The minimum Gasteiger partial charge on any atom is -0.481 e. The van der Waals surface area contributed by atoms with Crippen molar-refractivity contribution in [3.63, 3.8) is 0 Å². The summed E-state index contributed by atoms with van der Waals surface area (Å²) in [6.45, 7) is 0. The summed E-state index contributed by atoms with van der Waals surface area (Å²) in [7, 11) is 0. The summed E-state index contributed by atoms with van der Waals surface area (Å²) >= 11 is 5.95. The van der Waals surface area contributed by atoms with Crippen LogP contribution in [0.3, 0.4) is 0 Å². The van der Waals surface area contributed by atoms with Crippen LogP contribution in [0.4, 0.5) is 0 Å². The van der Waals surface area contributed by atoms with Crippen LogP contribution in [-0.2, 0) is 11.2 Å². The van der Waals surface area contributed by atoms with Crippen LogP contribution >= 0.6 is 11.6 Å². The summed E-state index contributed by atoms with van der Waals surface area (Å²) in [5.74, 6) is -0.906. The van der Waals surface area contributed by atoms with Crippen molar-refractivity contribution in [2.75, 3.05) is 0 Å². The zero-order valence-electron chi connectivity index (χ0n) is 10.3. The maximum atomic E-state index is 11.1. The molecule has 0 amide bonds. The van der Waals surface area contributed by atoms with Crippen molar-refractivity contribution in [1.29, 1.82) is 0 Å². The number of hydrogen-bond donors (Lipinski definition) is 1. The monoisotopic (exact) mass is 287 g/mol. The van der Waals surface area contributed by atoms with Crippen LogP contribution < -0.4 is 0 Å². The number of pyridine rings is 2. The van der Waals surface area contributed by atoms with Crippen molar-refractivity contribution in [2.45, 2.75) is 6.42 Å². The molecule has 1 N–H and O–H groups in total. The van der Waals surface area contributed by atoms with E-state index in [-0.39, 0.29) is 6.42 Å². The molecule has 0 aromatic carbocycles. The Balaban J connectivity index is 2.27. The van der Waals surface area contributed by atoms with Crippen LogP contribution in [0.25, 0.3) is 16.9 Å². The van der Waals surface area contributed by atoms with Crippen LogP contribution in [0.2, 0.25) is 5.02 Å². The lowest BCUT2D eigenvalue weighted by Crippen LogP contribution is -2.04. The molecular formula is C14H10ClN3O2. The van der Waals surface area contributed by atoms with Crippen molar-refractivity contribution in [3.05, 3.63) is 53.6 Å². The maximum absolute atomic E-state index is 11.1. The summed E-state index contributed by atoms with van der Waals surface area (Å²) < 4.78 is 1.75. The smallest absolute Gasteiger partial charge is 0.309 e. The summed E-state index contributed by atoms with van der Waals surface area (Å²) in [5, 5.41) is 9.65. The highest BCUT2D eigenvalue weighted by atomic mass is 35.5. The highest BCUT2D eigenvalue weighted by molar-refractivity contribution is 6.30. The first kappa shape index (κ1) is 12.6. The number of fused-ring (bicyclic) bond motifs is 1. The van der Waals surface area contributed by atoms with Crippen molar-refractivity contribution in [3.8, 4) is 11.3 Å². The van der Waals surface area contributed by atoms with Gasteiger partial charge in [0.15, 0.2) is 0 Å². The van der Waals surface area contributed by atoms with E-state index in [0.717, 1.165) is 5.56 Å². The van der Waals surface area contributed by atoms with E-state index in [1.54, 1.807) is 47.3 Å². The Morgan fingerprint density at radius 1 is 1.30 bits per heavy atom. The molecular weight excluding hydrogens is 278 g/mol. The number of carbonyl (C=O) groups is 1. The lowest BCUT2D eigenvalue weighted by molar-refractivity contribution is -0.136. The van der Waals surface area contributed by atoms with Gasteiger partial charge in [0, 0.05) is 35.2 Å². The highest BCUT2D eigenvalue weighted by Crippen LogP contribution is 2.25. The number of halogens is 1. The van der Waals surface area contributed by atoms with Gasteiger partial charge in [0.2, 0.25) is 0 Å². The molecule has 0 bridgehead atoms. The van der Waals surface area contributed by atoms with Gasteiger partial charge < -0.3 is 9.51 Å². The van der Waals surface area contributed by atoms with Gasteiger partial charge in [-0.1, -0.05) is 11.6 Å². The average Bonchev–Trinajstić information content (AvgIpc) is 2.77.